The molecule has 0 radical (unpaired) electrons. The highest BCUT2D eigenvalue weighted by atomic mass is 14.8. The first-order valence-corrected chi connectivity index (χ1v) is 5.13. The molecule has 0 heterocycles. The molecule has 70 valence electrons. The van der Waals surface area contributed by atoms with Crippen LogP contribution >= 0.6 is 0 Å². The Labute approximate surface area is 76.2 Å². The first-order chi connectivity index (χ1) is 5.79. The lowest BCUT2D eigenvalue weighted by atomic mass is 9.83. The van der Waals surface area contributed by atoms with Crippen LogP contribution in [0.4, 0.5) is 0 Å². The van der Waals surface area contributed by atoms with Gasteiger partial charge in [-0.15, -0.1) is 0 Å². The van der Waals surface area contributed by atoms with Gasteiger partial charge in [0, 0.05) is 6.54 Å². The van der Waals surface area contributed by atoms with E-state index in [-0.39, 0.29) is 0 Å². The molecule has 1 N–H and O–H groups in total. The van der Waals surface area contributed by atoms with Gasteiger partial charge >= 0.3 is 0 Å². The molecule has 1 heteroatoms. The molecule has 1 aliphatic rings. The van der Waals surface area contributed by atoms with E-state index >= 15 is 0 Å². The third-order valence-electron chi connectivity index (χ3n) is 2.61. The van der Waals surface area contributed by atoms with Gasteiger partial charge in [-0.1, -0.05) is 30.9 Å². The van der Waals surface area contributed by atoms with Crippen LogP contribution in [0.5, 0.6) is 0 Å². The van der Waals surface area contributed by atoms with Crippen molar-refractivity contribution in [1.82, 2.24) is 5.32 Å². The van der Waals surface area contributed by atoms with Crippen LogP contribution < -0.4 is 5.32 Å². The van der Waals surface area contributed by atoms with Crippen LogP contribution in [0.25, 0.3) is 0 Å². The predicted molar refractivity (Wildman–Crippen MR) is 54.3 cm³/mol. The molecule has 1 rings (SSSR count). The van der Waals surface area contributed by atoms with Gasteiger partial charge in [-0.05, 0) is 32.7 Å². The first kappa shape index (κ1) is 9.79. The molecule has 12 heavy (non-hydrogen) atoms. The summed E-state index contributed by atoms with van der Waals surface area (Å²) in [5, 5.41) is 3.44. The van der Waals surface area contributed by atoms with Crippen LogP contribution in [0.3, 0.4) is 0 Å². The fourth-order valence-electron chi connectivity index (χ4n) is 1.47. The molecule has 0 atom stereocenters. The number of allylic oxidation sites excluding steroid dienone is 1. The van der Waals surface area contributed by atoms with E-state index in [0.717, 1.165) is 12.5 Å². The fourth-order valence-corrected chi connectivity index (χ4v) is 1.47. The van der Waals surface area contributed by atoms with E-state index in [1.807, 2.05) is 0 Å². The largest absolute Gasteiger partial charge is 0.313 e. The highest BCUT2D eigenvalue weighted by Crippen LogP contribution is 2.28. The van der Waals surface area contributed by atoms with Crippen molar-refractivity contribution in [2.45, 2.75) is 39.5 Å². The minimum absolute atomic E-state index is 1.05. The molecule has 0 aromatic rings. The van der Waals surface area contributed by atoms with Crippen molar-refractivity contribution in [3.8, 4) is 0 Å². The SMILES string of the molecule is CC(C)=CCNCCC1CCC1. The molecule has 1 nitrogen and oxygen atoms in total. The molecule has 0 amide bonds. The standard InChI is InChI=1S/C11H21N/c1-10(2)6-8-12-9-7-11-4-3-5-11/h6,11-12H,3-5,7-9H2,1-2H3. The lowest BCUT2D eigenvalue weighted by molar-refractivity contribution is 0.293. The maximum atomic E-state index is 3.44. The van der Waals surface area contributed by atoms with Gasteiger partial charge in [0.2, 0.25) is 0 Å². The topological polar surface area (TPSA) is 12.0 Å². The highest BCUT2D eigenvalue weighted by molar-refractivity contribution is 4.94. The zero-order chi connectivity index (χ0) is 8.81. The first-order valence-electron chi connectivity index (χ1n) is 5.13. The van der Waals surface area contributed by atoms with Gasteiger partial charge in [0.15, 0.2) is 0 Å². The molecule has 0 unspecified atom stereocenters. The molecule has 0 aromatic carbocycles. The molecule has 0 saturated heterocycles. The summed E-state index contributed by atoms with van der Waals surface area (Å²) in [6.45, 7) is 6.55. The lowest BCUT2D eigenvalue weighted by Gasteiger charge is -2.25. The number of rotatable bonds is 5. The smallest absolute Gasteiger partial charge is 0.0137 e. The lowest BCUT2D eigenvalue weighted by Crippen LogP contribution is -2.21. The van der Waals surface area contributed by atoms with Gasteiger partial charge < -0.3 is 5.32 Å². The average Bonchev–Trinajstić information content (AvgIpc) is 1.92. The third kappa shape index (κ3) is 3.91. The van der Waals surface area contributed by atoms with E-state index in [1.54, 1.807) is 0 Å². The van der Waals surface area contributed by atoms with Crippen LogP contribution in [0.15, 0.2) is 11.6 Å². The van der Waals surface area contributed by atoms with Gasteiger partial charge in [0.1, 0.15) is 0 Å². The zero-order valence-electron chi connectivity index (χ0n) is 8.40. The van der Waals surface area contributed by atoms with Crippen molar-refractivity contribution in [2.24, 2.45) is 5.92 Å². The monoisotopic (exact) mass is 167 g/mol. The van der Waals surface area contributed by atoms with Gasteiger partial charge in [-0.2, -0.15) is 0 Å². The van der Waals surface area contributed by atoms with E-state index in [1.165, 1.54) is 37.8 Å². The van der Waals surface area contributed by atoms with Crippen LogP contribution in [0.1, 0.15) is 39.5 Å². The van der Waals surface area contributed by atoms with Crippen molar-refractivity contribution in [1.29, 1.82) is 0 Å². The van der Waals surface area contributed by atoms with Gasteiger partial charge in [-0.3, -0.25) is 0 Å². The molecule has 1 fully saturated rings. The van der Waals surface area contributed by atoms with Crippen LogP contribution in [-0.4, -0.2) is 13.1 Å². The Kier molecular flexibility index (Phi) is 4.37. The summed E-state index contributed by atoms with van der Waals surface area (Å²) in [5.41, 5.74) is 1.41. The number of hydrogen-bond acceptors (Lipinski definition) is 1. The maximum absolute atomic E-state index is 3.44. The Morgan fingerprint density at radius 1 is 1.42 bits per heavy atom. The second kappa shape index (κ2) is 5.36. The Morgan fingerprint density at radius 2 is 2.17 bits per heavy atom. The van der Waals surface area contributed by atoms with Crippen molar-refractivity contribution in [3.63, 3.8) is 0 Å². The van der Waals surface area contributed by atoms with Crippen LogP contribution in [-0.2, 0) is 0 Å². The van der Waals surface area contributed by atoms with Crippen molar-refractivity contribution in [2.75, 3.05) is 13.1 Å². The van der Waals surface area contributed by atoms with E-state index in [0.29, 0.717) is 0 Å². The van der Waals surface area contributed by atoms with E-state index in [9.17, 15) is 0 Å². The molecular weight excluding hydrogens is 146 g/mol. The quantitative estimate of drug-likeness (QED) is 0.490. The maximum Gasteiger partial charge on any atom is 0.0137 e. The minimum Gasteiger partial charge on any atom is -0.313 e. The van der Waals surface area contributed by atoms with E-state index in [4.69, 9.17) is 0 Å². The Hall–Kier alpha value is -0.300. The third-order valence-corrected chi connectivity index (χ3v) is 2.61. The van der Waals surface area contributed by atoms with Crippen LogP contribution in [0.2, 0.25) is 0 Å². The van der Waals surface area contributed by atoms with Crippen molar-refractivity contribution in [3.05, 3.63) is 11.6 Å². The Balaban J connectivity index is 1.85. The van der Waals surface area contributed by atoms with E-state index < -0.39 is 0 Å². The number of hydrogen-bond donors (Lipinski definition) is 1. The number of nitrogens with one attached hydrogen (secondary N) is 1. The van der Waals surface area contributed by atoms with Crippen molar-refractivity contribution >= 4 is 0 Å². The molecule has 0 aliphatic heterocycles. The fraction of sp³-hybridized carbons (Fsp3) is 0.818. The predicted octanol–water partition coefficient (Wildman–Crippen LogP) is 2.73. The highest BCUT2D eigenvalue weighted by Gasteiger charge is 2.15. The second-order valence-corrected chi connectivity index (χ2v) is 4.07. The molecule has 1 aliphatic carbocycles. The summed E-state index contributed by atoms with van der Waals surface area (Å²) in [7, 11) is 0. The summed E-state index contributed by atoms with van der Waals surface area (Å²) < 4.78 is 0. The van der Waals surface area contributed by atoms with Gasteiger partial charge in [-0.25, -0.2) is 0 Å². The van der Waals surface area contributed by atoms with Crippen molar-refractivity contribution < 1.29 is 0 Å². The minimum atomic E-state index is 1.05. The molecule has 0 spiro atoms. The molecule has 0 aromatic heterocycles. The summed E-state index contributed by atoms with van der Waals surface area (Å²) >= 11 is 0. The average molecular weight is 167 g/mol. The zero-order valence-corrected chi connectivity index (χ0v) is 8.40. The van der Waals surface area contributed by atoms with Gasteiger partial charge in [0.25, 0.3) is 0 Å². The summed E-state index contributed by atoms with van der Waals surface area (Å²) in [5.74, 6) is 1.05. The normalized spacial score (nSPS) is 17.2. The molecular formula is C11H21N. The van der Waals surface area contributed by atoms with E-state index in [2.05, 4.69) is 25.2 Å². The second-order valence-electron chi connectivity index (χ2n) is 4.07. The van der Waals surface area contributed by atoms with Crippen LogP contribution in [0, 0.1) is 5.92 Å². The molecule has 0 bridgehead atoms. The Morgan fingerprint density at radius 3 is 2.67 bits per heavy atom. The summed E-state index contributed by atoms with van der Waals surface area (Å²) in [4.78, 5) is 0. The molecule has 1 saturated carbocycles. The summed E-state index contributed by atoms with van der Waals surface area (Å²) in [6.07, 6.45) is 8.06. The Bertz CT molecular complexity index is 141. The van der Waals surface area contributed by atoms with Gasteiger partial charge in [0.05, 0.1) is 0 Å². The summed E-state index contributed by atoms with van der Waals surface area (Å²) in [6, 6.07) is 0.